The van der Waals surface area contributed by atoms with Crippen molar-refractivity contribution in [2.75, 3.05) is 6.54 Å². The molecule has 0 fully saturated rings. The van der Waals surface area contributed by atoms with Crippen molar-refractivity contribution >= 4 is 0 Å². The smallest absolute Gasteiger partial charge is 0.0105 e. The van der Waals surface area contributed by atoms with Crippen LogP contribution in [0, 0.1) is 0 Å². The molecule has 2 unspecified atom stereocenters. The normalized spacial score (nSPS) is 13.8. The molecule has 1 heteroatoms. The highest BCUT2D eigenvalue weighted by molar-refractivity contribution is 5.18. The van der Waals surface area contributed by atoms with Crippen LogP contribution in [-0.2, 0) is 6.42 Å². The van der Waals surface area contributed by atoms with Crippen molar-refractivity contribution in [1.29, 1.82) is 0 Å². The topological polar surface area (TPSA) is 12.0 Å². The van der Waals surface area contributed by atoms with Gasteiger partial charge in [0.1, 0.15) is 0 Å². The summed E-state index contributed by atoms with van der Waals surface area (Å²) in [5, 5.41) is 3.72. The van der Waals surface area contributed by atoms with Gasteiger partial charge in [-0.2, -0.15) is 0 Å². The van der Waals surface area contributed by atoms with Gasteiger partial charge >= 0.3 is 0 Å². The van der Waals surface area contributed by atoms with E-state index in [0.29, 0.717) is 12.0 Å². The monoisotopic (exact) mass is 281 g/mol. The molecule has 0 bridgehead atoms. The minimum absolute atomic E-state index is 0.579. The lowest BCUT2D eigenvalue weighted by Gasteiger charge is -2.19. The molecule has 2 aromatic carbocycles. The van der Waals surface area contributed by atoms with Crippen LogP contribution in [0.15, 0.2) is 60.7 Å². The van der Waals surface area contributed by atoms with E-state index >= 15 is 0 Å². The number of hydrogen-bond acceptors (Lipinski definition) is 1. The van der Waals surface area contributed by atoms with E-state index in [1.54, 1.807) is 0 Å². The molecule has 0 amide bonds. The Hall–Kier alpha value is -1.60. The van der Waals surface area contributed by atoms with Crippen LogP contribution in [-0.4, -0.2) is 12.6 Å². The van der Waals surface area contributed by atoms with Crippen LogP contribution in [0.3, 0.4) is 0 Å². The molecule has 0 aliphatic rings. The molecule has 0 aromatic heterocycles. The summed E-state index contributed by atoms with van der Waals surface area (Å²) in [5.74, 6) is 0.618. The quantitative estimate of drug-likeness (QED) is 0.733. The molecule has 112 valence electrons. The van der Waals surface area contributed by atoms with Crippen LogP contribution in [0.25, 0.3) is 0 Å². The fourth-order valence-corrected chi connectivity index (χ4v) is 2.71. The second kappa shape index (κ2) is 8.63. The predicted octanol–water partition coefficient (Wildman–Crippen LogP) is 4.79. The highest BCUT2D eigenvalue weighted by Gasteiger charge is 2.09. The zero-order valence-corrected chi connectivity index (χ0v) is 13.3. The lowest BCUT2D eigenvalue weighted by Crippen LogP contribution is -2.31. The van der Waals surface area contributed by atoms with Crippen molar-refractivity contribution in [2.24, 2.45) is 0 Å². The molecule has 2 rings (SSSR count). The molecule has 21 heavy (non-hydrogen) atoms. The Morgan fingerprint density at radius 1 is 0.905 bits per heavy atom. The molecule has 0 radical (unpaired) electrons. The standard InChI is InChI=1S/C20H27N/c1-3-20(16-18-10-6-4-7-11-18)21-15-14-17(2)19-12-8-5-9-13-19/h4-13,17,20-21H,3,14-16H2,1-2H3. The van der Waals surface area contributed by atoms with Gasteiger partial charge in [-0.15, -0.1) is 0 Å². The average Bonchev–Trinajstić information content (AvgIpc) is 2.55. The third kappa shape index (κ3) is 5.35. The van der Waals surface area contributed by atoms with Crippen LogP contribution in [0.2, 0.25) is 0 Å². The summed E-state index contributed by atoms with van der Waals surface area (Å²) in [6.45, 7) is 5.66. The Bertz CT molecular complexity index is 492. The second-order valence-corrected chi connectivity index (χ2v) is 5.85. The van der Waals surface area contributed by atoms with Crippen LogP contribution in [0.5, 0.6) is 0 Å². The maximum absolute atomic E-state index is 3.72. The molecule has 0 heterocycles. The molecule has 0 aliphatic heterocycles. The maximum Gasteiger partial charge on any atom is 0.0105 e. The van der Waals surface area contributed by atoms with Crippen molar-refractivity contribution in [1.82, 2.24) is 5.32 Å². The van der Waals surface area contributed by atoms with Crippen molar-refractivity contribution < 1.29 is 0 Å². The molecule has 0 spiro atoms. The SMILES string of the molecule is CCC(Cc1ccccc1)NCCC(C)c1ccccc1. The highest BCUT2D eigenvalue weighted by atomic mass is 14.9. The van der Waals surface area contributed by atoms with Gasteiger partial charge in [0.05, 0.1) is 0 Å². The summed E-state index contributed by atoms with van der Waals surface area (Å²) >= 11 is 0. The Balaban J connectivity index is 1.76. The molecule has 0 aliphatic carbocycles. The Morgan fingerprint density at radius 2 is 1.52 bits per heavy atom. The van der Waals surface area contributed by atoms with Gasteiger partial charge in [0.25, 0.3) is 0 Å². The highest BCUT2D eigenvalue weighted by Crippen LogP contribution is 2.17. The van der Waals surface area contributed by atoms with Crippen molar-refractivity contribution in [3.8, 4) is 0 Å². The van der Waals surface area contributed by atoms with E-state index in [1.807, 2.05) is 0 Å². The number of benzene rings is 2. The molecule has 1 N–H and O–H groups in total. The Morgan fingerprint density at radius 3 is 2.14 bits per heavy atom. The van der Waals surface area contributed by atoms with Crippen LogP contribution in [0.1, 0.15) is 43.7 Å². The third-order valence-corrected chi connectivity index (χ3v) is 4.20. The minimum Gasteiger partial charge on any atom is -0.314 e. The van der Waals surface area contributed by atoms with E-state index < -0.39 is 0 Å². The number of rotatable bonds is 8. The number of nitrogens with one attached hydrogen (secondary N) is 1. The summed E-state index contributed by atoms with van der Waals surface area (Å²) < 4.78 is 0. The van der Waals surface area contributed by atoms with Crippen LogP contribution >= 0.6 is 0 Å². The summed E-state index contributed by atoms with van der Waals surface area (Å²) in [4.78, 5) is 0. The van der Waals surface area contributed by atoms with Crippen LogP contribution < -0.4 is 5.32 Å². The Labute approximate surface area is 129 Å². The zero-order chi connectivity index (χ0) is 14.9. The van der Waals surface area contributed by atoms with Gasteiger partial charge in [0, 0.05) is 6.04 Å². The van der Waals surface area contributed by atoms with Gasteiger partial charge in [-0.05, 0) is 42.9 Å². The first-order chi connectivity index (χ1) is 10.3. The van der Waals surface area contributed by atoms with E-state index in [-0.39, 0.29) is 0 Å². The summed E-state index contributed by atoms with van der Waals surface area (Å²) in [5.41, 5.74) is 2.86. The van der Waals surface area contributed by atoms with Gasteiger partial charge < -0.3 is 5.32 Å². The van der Waals surface area contributed by atoms with Crippen molar-refractivity contribution in [3.05, 3.63) is 71.8 Å². The van der Waals surface area contributed by atoms with E-state index in [4.69, 9.17) is 0 Å². The lowest BCUT2D eigenvalue weighted by atomic mass is 9.97. The fraction of sp³-hybridized carbons (Fsp3) is 0.400. The van der Waals surface area contributed by atoms with Gasteiger partial charge in [-0.3, -0.25) is 0 Å². The summed E-state index contributed by atoms with van der Waals surface area (Å²) in [6, 6.07) is 22.1. The third-order valence-electron chi connectivity index (χ3n) is 4.20. The lowest BCUT2D eigenvalue weighted by molar-refractivity contribution is 0.475. The first kappa shape index (κ1) is 15.8. The molecular formula is C20H27N. The number of hydrogen-bond donors (Lipinski definition) is 1. The molecule has 1 nitrogen and oxygen atoms in total. The van der Waals surface area contributed by atoms with E-state index in [1.165, 1.54) is 24.0 Å². The fourth-order valence-electron chi connectivity index (χ4n) is 2.71. The van der Waals surface area contributed by atoms with Gasteiger partial charge in [0.2, 0.25) is 0 Å². The van der Waals surface area contributed by atoms with Crippen LogP contribution in [0.4, 0.5) is 0 Å². The molecule has 0 saturated heterocycles. The van der Waals surface area contributed by atoms with E-state index in [0.717, 1.165) is 13.0 Å². The van der Waals surface area contributed by atoms with Crippen molar-refractivity contribution in [3.63, 3.8) is 0 Å². The molecule has 2 aromatic rings. The average molecular weight is 281 g/mol. The van der Waals surface area contributed by atoms with Crippen molar-refractivity contribution in [2.45, 2.75) is 45.1 Å². The summed E-state index contributed by atoms with van der Waals surface area (Å²) in [6.07, 6.45) is 3.49. The summed E-state index contributed by atoms with van der Waals surface area (Å²) in [7, 11) is 0. The largest absolute Gasteiger partial charge is 0.314 e. The predicted molar refractivity (Wildman–Crippen MR) is 91.7 cm³/mol. The first-order valence-electron chi connectivity index (χ1n) is 8.12. The van der Waals surface area contributed by atoms with Gasteiger partial charge in [-0.25, -0.2) is 0 Å². The second-order valence-electron chi connectivity index (χ2n) is 5.85. The maximum atomic E-state index is 3.72. The van der Waals surface area contributed by atoms with E-state index in [9.17, 15) is 0 Å². The Kier molecular flexibility index (Phi) is 6.49. The van der Waals surface area contributed by atoms with Gasteiger partial charge in [-0.1, -0.05) is 74.5 Å². The zero-order valence-electron chi connectivity index (χ0n) is 13.3. The molecule has 2 atom stereocenters. The first-order valence-corrected chi connectivity index (χ1v) is 8.12. The molecule has 0 saturated carbocycles. The molecular weight excluding hydrogens is 254 g/mol. The van der Waals surface area contributed by atoms with Gasteiger partial charge in [0.15, 0.2) is 0 Å². The minimum atomic E-state index is 0.579. The van der Waals surface area contributed by atoms with E-state index in [2.05, 4.69) is 79.8 Å².